The zero-order chi connectivity index (χ0) is 49.0. The summed E-state index contributed by atoms with van der Waals surface area (Å²) in [6.45, 7) is 11.7. The SMILES string of the molecule is CCCCCCOc1cc(OCCCCCC)cc(-c2c(-c3ccccc3)c(-c3ccccc3)c(-c3cc(OCCCCCC)cc(OCCCCCC)c3)c3c2-c2ccccc2Cc2ccccc2-3)c1. The van der Waals surface area contributed by atoms with Crippen molar-refractivity contribution < 1.29 is 18.9 Å². The summed E-state index contributed by atoms with van der Waals surface area (Å²) in [5.74, 6) is 3.36. The van der Waals surface area contributed by atoms with Crippen molar-refractivity contribution >= 4 is 0 Å². The predicted octanol–water partition coefficient (Wildman–Crippen LogP) is 19.4. The van der Waals surface area contributed by atoms with Gasteiger partial charge in [0, 0.05) is 12.1 Å². The number of unbranched alkanes of at least 4 members (excludes halogenated alkanes) is 12. The summed E-state index contributed by atoms with van der Waals surface area (Å²) in [6.07, 6.45) is 19.0. The number of hydrogen-bond acceptors (Lipinski definition) is 4. The first-order valence-electron chi connectivity index (χ1n) is 27.4. The Labute approximate surface area is 426 Å². The Morgan fingerprint density at radius 3 is 0.901 bits per heavy atom. The molecule has 370 valence electrons. The zero-order valence-electron chi connectivity index (χ0n) is 43.3. The third-order valence-electron chi connectivity index (χ3n) is 14.0. The third kappa shape index (κ3) is 13.2. The molecule has 0 spiro atoms. The second-order valence-corrected chi connectivity index (χ2v) is 19.5. The van der Waals surface area contributed by atoms with Crippen molar-refractivity contribution in [2.24, 2.45) is 0 Å². The molecule has 0 saturated heterocycles. The van der Waals surface area contributed by atoms with E-state index >= 15 is 0 Å². The van der Waals surface area contributed by atoms with E-state index in [0.717, 1.165) is 103 Å². The molecule has 8 rings (SSSR count). The molecule has 4 heteroatoms. The molecule has 0 fully saturated rings. The summed E-state index contributed by atoms with van der Waals surface area (Å²) in [5.41, 5.74) is 16.6. The van der Waals surface area contributed by atoms with Crippen LogP contribution in [-0.4, -0.2) is 26.4 Å². The largest absolute Gasteiger partial charge is 0.493 e. The molecule has 0 bridgehead atoms. The molecular formula is C67H78O4. The van der Waals surface area contributed by atoms with Gasteiger partial charge < -0.3 is 18.9 Å². The van der Waals surface area contributed by atoms with Gasteiger partial charge in [-0.25, -0.2) is 0 Å². The van der Waals surface area contributed by atoms with Crippen LogP contribution >= 0.6 is 0 Å². The number of fused-ring (bicyclic) bond motifs is 5. The monoisotopic (exact) mass is 947 g/mol. The van der Waals surface area contributed by atoms with Gasteiger partial charge in [0.05, 0.1) is 26.4 Å². The minimum Gasteiger partial charge on any atom is -0.493 e. The number of ether oxygens (including phenoxy) is 4. The standard InChI is InChI=1S/C67H78O4/c1-5-9-13-27-39-68-56-44-54(45-57(48-56)69-40-28-14-10-6-2)64-62(50-31-19-17-20-32-50)63(51-33-21-18-22-34-51)65(67-61-38-26-24-36-53(61)43-52-35-23-25-37-60(52)66(64)67)55-46-58(70-41-29-15-11-7-3)49-59(47-55)71-42-30-16-12-8-4/h17-26,31-38,44-49H,5-16,27-30,39-43H2,1-4H3. The topological polar surface area (TPSA) is 36.9 Å². The van der Waals surface area contributed by atoms with Crippen LogP contribution in [0.25, 0.3) is 66.8 Å². The van der Waals surface area contributed by atoms with Crippen LogP contribution in [0.5, 0.6) is 23.0 Å². The average molecular weight is 947 g/mol. The Kier molecular flexibility index (Phi) is 19.3. The van der Waals surface area contributed by atoms with Crippen LogP contribution < -0.4 is 18.9 Å². The highest BCUT2D eigenvalue weighted by Gasteiger charge is 2.33. The van der Waals surface area contributed by atoms with Gasteiger partial charge in [-0.15, -0.1) is 0 Å². The highest BCUT2D eigenvalue weighted by Crippen LogP contribution is 2.58. The lowest BCUT2D eigenvalue weighted by Crippen LogP contribution is -2.05. The Bertz CT molecular complexity index is 2480. The molecule has 0 atom stereocenters. The summed E-state index contributed by atoms with van der Waals surface area (Å²) in [5, 5.41) is 0. The molecule has 0 saturated carbocycles. The molecule has 0 radical (unpaired) electrons. The average Bonchev–Trinajstić information content (AvgIpc) is 3.55. The lowest BCUT2D eigenvalue weighted by Gasteiger charge is -2.29. The fraction of sp³-hybridized carbons (Fsp3) is 0.373. The van der Waals surface area contributed by atoms with E-state index in [2.05, 4.69) is 173 Å². The lowest BCUT2D eigenvalue weighted by molar-refractivity contribution is 0.290. The van der Waals surface area contributed by atoms with Crippen molar-refractivity contribution in [2.45, 2.75) is 137 Å². The molecular weight excluding hydrogens is 869 g/mol. The van der Waals surface area contributed by atoms with Crippen molar-refractivity contribution in [3.8, 4) is 89.8 Å². The fourth-order valence-electron chi connectivity index (χ4n) is 10.3. The van der Waals surface area contributed by atoms with Gasteiger partial charge in [-0.2, -0.15) is 0 Å². The van der Waals surface area contributed by atoms with E-state index in [9.17, 15) is 0 Å². The maximum Gasteiger partial charge on any atom is 0.123 e. The van der Waals surface area contributed by atoms with E-state index in [1.807, 2.05) is 0 Å². The fourth-order valence-corrected chi connectivity index (χ4v) is 10.3. The maximum absolute atomic E-state index is 6.77. The van der Waals surface area contributed by atoms with E-state index in [1.54, 1.807) is 0 Å². The van der Waals surface area contributed by atoms with E-state index in [-0.39, 0.29) is 0 Å². The normalized spacial score (nSPS) is 11.6. The molecule has 0 amide bonds. The summed E-state index contributed by atoms with van der Waals surface area (Å²) in [4.78, 5) is 0. The van der Waals surface area contributed by atoms with Crippen molar-refractivity contribution in [2.75, 3.05) is 26.4 Å². The van der Waals surface area contributed by atoms with Crippen LogP contribution in [0.2, 0.25) is 0 Å². The van der Waals surface area contributed by atoms with E-state index < -0.39 is 0 Å². The maximum atomic E-state index is 6.77. The molecule has 0 heterocycles. The van der Waals surface area contributed by atoms with Crippen molar-refractivity contribution in [3.63, 3.8) is 0 Å². The van der Waals surface area contributed by atoms with Crippen LogP contribution in [0.1, 0.15) is 142 Å². The Balaban J connectivity index is 1.49. The Morgan fingerprint density at radius 2 is 0.577 bits per heavy atom. The minimum atomic E-state index is 0.660. The van der Waals surface area contributed by atoms with Gasteiger partial charge in [-0.3, -0.25) is 0 Å². The minimum absolute atomic E-state index is 0.660. The van der Waals surface area contributed by atoms with Crippen molar-refractivity contribution in [1.82, 2.24) is 0 Å². The molecule has 0 N–H and O–H groups in total. The summed E-state index contributed by atoms with van der Waals surface area (Å²) >= 11 is 0. The molecule has 7 aromatic carbocycles. The highest BCUT2D eigenvalue weighted by molar-refractivity contribution is 6.16. The van der Waals surface area contributed by atoms with E-state index in [0.29, 0.717) is 26.4 Å². The highest BCUT2D eigenvalue weighted by atomic mass is 16.5. The zero-order valence-corrected chi connectivity index (χ0v) is 43.3. The van der Waals surface area contributed by atoms with Gasteiger partial charge in [0.2, 0.25) is 0 Å². The predicted molar refractivity (Wildman–Crippen MR) is 300 cm³/mol. The third-order valence-corrected chi connectivity index (χ3v) is 14.0. The first-order chi connectivity index (χ1) is 35.1. The molecule has 7 aromatic rings. The van der Waals surface area contributed by atoms with E-state index in [4.69, 9.17) is 18.9 Å². The second-order valence-electron chi connectivity index (χ2n) is 19.5. The van der Waals surface area contributed by atoms with Crippen LogP contribution in [-0.2, 0) is 6.42 Å². The number of benzene rings is 7. The van der Waals surface area contributed by atoms with Gasteiger partial charge >= 0.3 is 0 Å². The van der Waals surface area contributed by atoms with Gasteiger partial charge in [0.25, 0.3) is 0 Å². The molecule has 1 aliphatic rings. The number of rotatable bonds is 28. The Morgan fingerprint density at radius 1 is 0.282 bits per heavy atom. The molecule has 0 unspecified atom stereocenters. The van der Waals surface area contributed by atoms with Crippen LogP contribution in [0, 0.1) is 0 Å². The van der Waals surface area contributed by atoms with E-state index in [1.165, 1.54) is 107 Å². The lowest BCUT2D eigenvalue weighted by atomic mass is 9.74. The smallest absolute Gasteiger partial charge is 0.123 e. The summed E-state index contributed by atoms with van der Waals surface area (Å²) < 4.78 is 27.1. The van der Waals surface area contributed by atoms with Crippen LogP contribution in [0.3, 0.4) is 0 Å². The molecule has 71 heavy (non-hydrogen) atoms. The van der Waals surface area contributed by atoms with Crippen LogP contribution in [0.4, 0.5) is 0 Å². The van der Waals surface area contributed by atoms with Gasteiger partial charge in [-0.1, -0.05) is 214 Å². The first-order valence-corrected chi connectivity index (χ1v) is 27.4. The van der Waals surface area contributed by atoms with Crippen molar-refractivity contribution in [1.29, 1.82) is 0 Å². The summed E-state index contributed by atoms with van der Waals surface area (Å²) in [7, 11) is 0. The first kappa shape index (κ1) is 51.1. The molecule has 1 aliphatic carbocycles. The van der Waals surface area contributed by atoms with Gasteiger partial charge in [0.15, 0.2) is 0 Å². The summed E-state index contributed by atoms with van der Waals surface area (Å²) in [6, 6.07) is 53.7. The van der Waals surface area contributed by atoms with Gasteiger partial charge in [0.1, 0.15) is 23.0 Å². The number of hydrogen-bond donors (Lipinski definition) is 0. The molecule has 0 aromatic heterocycles. The quantitative estimate of drug-likeness (QED) is 0.0459. The Hall–Kier alpha value is -6.26. The van der Waals surface area contributed by atoms with Crippen molar-refractivity contribution in [3.05, 3.63) is 157 Å². The molecule has 4 nitrogen and oxygen atoms in total. The van der Waals surface area contributed by atoms with Crippen LogP contribution in [0.15, 0.2) is 146 Å². The second kappa shape index (κ2) is 26.8. The van der Waals surface area contributed by atoms with Gasteiger partial charge in [-0.05, 0) is 134 Å². The molecule has 0 aliphatic heterocycles.